The van der Waals surface area contributed by atoms with Crippen molar-refractivity contribution in [1.29, 1.82) is 0 Å². The quantitative estimate of drug-likeness (QED) is 0.434. The SMILES string of the molecule is Cn1nncc1-c1cc(F)ccc1Oc1cc(F)c(S(=O)(=O)Nc2cscn2)cc1Cl. The number of aryl methyl sites for hydroxylation is 1. The molecule has 0 unspecified atom stereocenters. The molecule has 13 heteroatoms. The van der Waals surface area contributed by atoms with Gasteiger partial charge in [0.2, 0.25) is 0 Å². The zero-order valence-electron chi connectivity index (χ0n) is 15.6. The van der Waals surface area contributed by atoms with Crippen LogP contribution in [0.15, 0.2) is 52.3 Å². The van der Waals surface area contributed by atoms with Crippen molar-refractivity contribution < 1.29 is 21.9 Å². The molecular formula is C18H12ClF2N5O3S2. The van der Waals surface area contributed by atoms with E-state index in [0.717, 1.165) is 18.2 Å². The van der Waals surface area contributed by atoms with Crippen LogP contribution >= 0.6 is 22.9 Å². The molecule has 0 saturated heterocycles. The highest BCUT2D eigenvalue weighted by molar-refractivity contribution is 7.92. The van der Waals surface area contributed by atoms with Crippen LogP contribution in [-0.2, 0) is 17.1 Å². The molecular weight excluding hydrogens is 472 g/mol. The largest absolute Gasteiger partial charge is 0.455 e. The number of nitrogens with zero attached hydrogens (tertiary/aromatic N) is 4. The molecule has 0 amide bonds. The second-order valence-electron chi connectivity index (χ2n) is 6.18. The minimum atomic E-state index is -4.27. The molecule has 4 rings (SSSR count). The van der Waals surface area contributed by atoms with E-state index >= 15 is 0 Å². The van der Waals surface area contributed by atoms with Gasteiger partial charge in [0.25, 0.3) is 10.0 Å². The van der Waals surface area contributed by atoms with E-state index in [4.69, 9.17) is 16.3 Å². The number of halogens is 3. The maximum Gasteiger partial charge on any atom is 0.266 e. The lowest BCUT2D eigenvalue weighted by molar-refractivity contribution is 0.473. The van der Waals surface area contributed by atoms with Crippen LogP contribution in [0.25, 0.3) is 11.3 Å². The topological polar surface area (TPSA) is 99.0 Å². The molecule has 0 saturated carbocycles. The second kappa shape index (κ2) is 8.21. The zero-order chi connectivity index (χ0) is 22.2. The first-order valence-electron chi connectivity index (χ1n) is 8.47. The predicted molar refractivity (Wildman–Crippen MR) is 111 cm³/mol. The highest BCUT2D eigenvalue weighted by Crippen LogP contribution is 2.38. The van der Waals surface area contributed by atoms with Gasteiger partial charge in [0.05, 0.1) is 22.4 Å². The Labute approximate surface area is 184 Å². The first-order valence-corrected chi connectivity index (χ1v) is 11.3. The average Bonchev–Trinajstić information content (AvgIpc) is 3.36. The van der Waals surface area contributed by atoms with Crippen LogP contribution in [0.2, 0.25) is 5.02 Å². The normalized spacial score (nSPS) is 11.5. The lowest BCUT2D eigenvalue weighted by Crippen LogP contribution is -2.15. The highest BCUT2D eigenvalue weighted by atomic mass is 35.5. The maximum atomic E-state index is 14.7. The Bertz CT molecular complexity index is 1360. The molecule has 0 aliphatic carbocycles. The fourth-order valence-corrected chi connectivity index (χ4v) is 4.60. The number of hydrogen-bond acceptors (Lipinski definition) is 7. The molecule has 1 N–H and O–H groups in total. The number of aromatic nitrogens is 4. The molecule has 0 aliphatic rings. The third-order valence-corrected chi connectivity index (χ3v) is 6.35. The number of anilines is 1. The van der Waals surface area contributed by atoms with Crippen LogP contribution in [0.1, 0.15) is 0 Å². The number of nitrogens with one attached hydrogen (secondary N) is 1. The molecule has 4 aromatic rings. The minimum Gasteiger partial charge on any atom is -0.455 e. The first kappa shape index (κ1) is 21.2. The molecule has 0 bridgehead atoms. The van der Waals surface area contributed by atoms with Crippen molar-refractivity contribution in [1.82, 2.24) is 20.0 Å². The van der Waals surface area contributed by atoms with Crippen LogP contribution in [0.4, 0.5) is 14.6 Å². The number of ether oxygens (including phenoxy) is 1. The van der Waals surface area contributed by atoms with Crippen LogP contribution in [0, 0.1) is 11.6 Å². The molecule has 160 valence electrons. The molecule has 2 aromatic heterocycles. The van der Waals surface area contributed by atoms with E-state index in [0.29, 0.717) is 11.3 Å². The van der Waals surface area contributed by atoms with Crippen LogP contribution < -0.4 is 9.46 Å². The standard InChI is InChI=1S/C18H12ClF2N5O3S2/c1-26-14(7-23-25-26)11-4-10(20)2-3-15(11)29-16-6-13(21)17(5-12(16)19)31(27,28)24-18-8-30-9-22-18/h2-9,24H,1H3. The Hall–Kier alpha value is -3.09. The van der Waals surface area contributed by atoms with Crippen molar-refractivity contribution in [3.8, 4) is 22.8 Å². The van der Waals surface area contributed by atoms with Crippen molar-refractivity contribution >= 4 is 38.8 Å². The molecule has 8 nitrogen and oxygen atoms in total. The summed E-state index contributed by atoms with van der Waals surface area (Å²) >= 11 is 7.35. The molecule has 31 heavy (non-hydrogen) atoms. The number of rotatable bonds is 6. The first-order chi connectivity index (χ1) is 14.7. The van der Waals surface area contributed by atoms with Gasteiger partial charge in [0, 0.05) is 24.1 Å². The summed E-state index contributed by atoms with van der Waals surface area (Å²) in [5.74, 6) is -1.58. The van der Waals surface area contributed by atoms with Gasteiger partial charge in [-0.15, -0.1) is 16.4 Å². The summed E-state index contributed by atoms with van der Waals surface area (Å²) in [6, 6.07) is 5.46. The molecule has 2 aromatic carbocycles. The summed E-state index contributed by atoms with van der Waals surface area (Å²) in [5, 5.41) is 8.83. The van der Waals surface area contributed by atoms with E-state index in [1.54, 1.807) is 7.05 Å². The highest BCUT2D eigenvalue weighted by Gasteiger charge is 2.23. The molecule has 0 aliphatic heterocycles. The maximum absolute atomic E-state index is 14.7. The Morgan fingerprint density at radius 1 is 1.19 bits per heavy atom. The van der Waals surface area contributed by atoms with Gasteiger partial charge in [0.15, 0.2) is 5.82 Å². The van der Waals surface area contributed by atoms with Crippen molar-refractivity contribution in [3.63, 3.8) is 0 Å². The third-order valence-electron chi connectivity index (χ3n) is 4.10. The van der Waals surface area contributed by atoms with E-state index in [1.807, 2.05) is 0 Å². The van der Waals surface area contributed by atoms with Crippen LogP contribution in [0.3, 0.4) is 0 Å². The van der Waals surface area contributed by atoms with Crippen molar-refractivity contribution in [2.45, 2.75) is 4.90 Å². The zero-order valence-corrected chi connectivity index (χ0v) is 18.0. The van der Waals surface area contributed by atoms with E-state index in [1.165, 1.54) is 45.2 Å². The molecule has 0 spiro atoms. The van der Waals surface area contributed by atoms with E-state index in [2.05, 4.69) is 20.0 Å². The van der Waals surface area contributed by atoms with Crippen molar-refractivity contribution in [3.05, 3.63) is 64.1 Å². The van der Waals surface area contributed by atoms with E-state index in [-0.39, 0.29) is 22.3 Å². The number of hydrogen-bond donors (Lipinski definition) is 1. The van der Waals surface area contributed by atoms with Gasteiger partial charge in [0.1, 0.15) is 28.0 Å². The van der Waals surface area contributed by atoms with Crippen molar-refractivity contribution in [2.24, 2.45) is 7.05 Å². The Morgan fingerprint density at radius 3 is 2.68 bits per heavy atom. The van der Waals surface area contributed by atoms with Gasteiger partial charge in [-0.3, -0.25) is 4.72 Å². The lowest BCUT2D eigenvalue weighted by atomic mass is 10.1. The molecule has 0 fully saturated rings. The summed E-state index contributed by atoms with van der Waals surface area (Å²) < 4.78 is 62.8. The van der Waals surface area contributed by atoms with Gasteiger partial charge >= 0.3 is 0 Å². The second-order valence-corrected chi connectivity index (χ2v) is 8.95. The van der Waals surface area contributed by atoms with Gasteiger partial charge in [-0.1, -0.05) is 16.8 Å². The average molecular weight is 484 g/mol. The Balaban J connectivity index is 1.70. The minimum absolute atomic E-state index is 0.0570. The smallest absolute Gasteiger partial charge is 0.266 e. The van der Waals surface area contributed by atoms with E-state index < -0.39 is 26.6 Å². The number of benzene rings is 2. The summed E-state index contributed by atoms with van der Waals surface area (Å²) in [6.07, 6.45) is 1.41. The summed E-state index contributed by atoms with van der Waals surface area (Å²) in [5.41, 5.74) is 2.17. The Kier molecular flexibility index (Phi) is 5.60. The molecule has 2 heterocycles. The fraction of sp³-hybridized carbons (Fsp3) is 0.0556. The van der Waals surface area contributed by atoms with Gasteiger partial charge in [-0.2, -0.15) is 0 Å². The number of sulfonamides is 1. The molecule has 0 atom stereocenters. The Morgan fingerprint density at radius 2 is 2.00 bits per heavy atom. The van der Waals surface area contributed by atoms with Crippen LogP contribution in [0.5, 0.6) is 11.5 Å². The predicted octanol–water partition coefficient (Wildman–Crippen LogP) is 4.46. The van der Waals surface area contributed by atoms with Crippen LogP contribution in [-0.4, -0.2) is 28.4 Å². The summed E-state index contributed by atoms with van der Waals surface area (Å²) in [7, 11) is -2.66. The van der Waals surface area contributed by atoms with E-state index in [9.17, 15) is 17.2 Å². The lowest BCUT2D eigenvalue weighted by Gasteiger charge is -2.14. The monoisotopic (exact) mass is 483 g/mol. The molecule has 0 radical (unpaired) electrons. The number of thiazole rings is 1. The van der Waals surface area contributed by atoms with Gasteiger partial charge < -0.3 is 4.74 Å². The third kappa shape index (κ3) is 4.36. The van der Waals surface area contributed by atoms with Gasteiger partial charge in [-0.05, 0) is 24.3 Å². The van der Waals surface area contributed by atoms with Crippen molar-refractivity contribution in [2.75, 3.05) is 4.72 Å². The summed E-state index contributed by atoms with van der Waals surface area (Å²) in [6.45, 7) is 0. The summed E-state index contributed by atoms with van der Waals surface area (Å²) in [4.78, 5) is 3.13. The fourth-order valence-electron chi connectivity index (χ4n) is 2.69. The van der Waals surface area contributed by atoms with Gasteiger partial charge in [-0.25, -0.2) is 26.9 Å².